The van der Waals surface area contributed by atoms with E-state index in [1.807, 2.05) is 62.4 Å². The second-order valence-corrected chi connectivity index (χ2v) is 6.62. The van der Waals surface area contributed by atoms with E-state index in [9.17, 15) is 9.59 Å². The van der Waals surface area contributed by atoms with E-state index < -0.39 is 0 Å². The fraction of sp³-hybridized carbons (Fsp3) is 0.217. The van der Waals surface area contributed by atoms with Crippen LogP contribution >= 0.6 is 0 Å². The van der Waals surface area contributed by atoms with E-state index >= 15 is 0 Å². The molecule has 0 aliphatic rings. The number of benzene rings is 3. The second-order valence-electron chi connectivity index (χ2n) is 6.62. The largest absolute Gasteiger partial charge is 0.483 e. The first-order chi connectivity index (χ1) is 13.6. The molecule has 0 atom stereocenters. The lowest BCUT2D eigenvalue weighted by Gasteiger charge is -2.13. The third kappa shape index (κ3) is 4.68. The van der Waals surface area contributed by atoms with Gasteiger partial charge in [0.15, 0.2) is 6.61 Å². The topological polar surface area (TPSA) is 67.4 Å². The Hall–Kier alpha value is -3.34. The van der Waals surface area contributed by atoms with Gasteiger partial charge in [-0.15, -0.1) is 0 Å². The minimum Gasteiger partial charge on any atom is -0.483 e. The quantitative estimate of drug-likeness (QED) is 0.646. The van der Waals surface area contributed by atoms with Crippen molar-refractivity contribution in [3.63, 3.8) is 0 Å². The van der Waals surface area contributed by atoms with Crippen LogP contribution in [-0.2, 0) is 4.79 Å². The number of aryl methyl sites for hydroxylation is 1. The van der Waals surface area contributed by atoms with E-state index in [1.54, 1.807) is 12.1 Å². The van der Waals surface area contributed by atoms with Crippen LogP contribution in [-0.4, -0.2) is 25.0 Å². The fourth-order valence-corrected chi connectivity index (χ4v) is 2.98. The summed E-state index contributed by atoms with van der Waals surface area (Å²) in [4.78, 5) is 24.6. The van der Waals surface area contributed by atoms with Crippen LogP contribution in [0, 0.1) is 6.92 Å². The molecule has 0 aromatic heterocycles. The minimum absolute atomic E-state index is 0.0567. The van der Waals surface area contributed by atoms with Crippen molar-refractivity contribution in [2.24, 2.45) is 0 Å². The average Bonchev–Trinajstić information content (AvgIpc) is 2.70. The molecule has 2 amide bonds. The van der Waals surface area contributed by atoms with Crippen molar-refractivity contribution in [3.8, 4) is 5.75 Å². The molecule has 3 rings (SSSR count). The number of hydrogen-bond acceptors (Lipinski definition) is 3. The molecular formula is C23H24N2O3. The first-order valence-electron chi connectivity index (χ1n) is 9.37. The summed E-state index contributed by atoms with van der Waals surface area (Å²) in [5.74, 6) is 0.232. The zero-order valence-corrected chi connectivity index (χ0v) is 16.1. The maximum atomic E-state index is 12.8. The smallest absolute Gasteiger partial charge is 0.257 e. The summed E-state index contributed by atoms with van der Waals surface area (Å²) in [5, 5.41) is 7.30. The summed E-state index contributed by atoms with van der Waals surface area (Å²) in [6.45, 7) is 4.54. The van der Waals surface area contributed by atoms with Gasteiger partial charge in [0.2, 0.25) is 0 Å². The average molecular weight is 376 g/mol. The zero-order valence-electron chi connectivity index (χ0n) is 16.1. The molecule has 5 heteroatoms. The van der Waals surface area contributed by atoms with Crippen molar-refractivity contribution in [1.29, 1.82) is 0 Å². The summed E-state index contributed by atoms with van der Waals surface area (Å²) in [5.41, 5.74) is 2.38. The second kappa shape index (κ2) is 9.04. The highest BCUT2D eigenvalue weighted by Gasteiger charge is 2.14. The number of rotatable bonds is 7. The van der Waals surface area contributed by atoms with E-state index in [4.69, 9.17) is 4.74 Å². The summed E-state index contributed by atoms with van der Waals surface area (Å²) in [7, 11) is 0. The first-order valence-corrected chi connectivity index (χ1v) is 9.37. The van der Waals surface area contributed by atoms with E-state index in [0.29, 0.717) is 17.9 Å². The summed E-state index contributed by atoms with van der Waals surface area (Å²) < 4.78 is 5.70. The van der Waals surface area contributed by atoms with Crippen molar-refractivity contribution in [1.82, 2.24) is 5.32 Å². The Morgan fingerprint density at radius 2 is 1.75 bits per heavy atom. The SMILES string of the molecule is CCCNC(=O)COc1ccc(C(=O)Nc2cccc(C)c2)c2ccccc12. The molecule has 3 aromatic carbocycles. The number of amides is 2. The van der Waals surface area contributed by atoms with E-state index in [-0.39, 0.29) is 18.4 Å². The maximum Gasteiger partial charge on any atom is 0.257 e. The molecule has 0 radical (unpaired) electrons. The highest BCUT2D eigenvalue weighted by molar-refractivity contribution is 6.14. The van der Waals surface area contributed by atoms with Crippen LogP contribution in [0.1, 0.15) is 29.3 Å². The highest BCUT2D eigenvalue weighted by atomic mass is 16.5. The number of carbonyl (C=O) groups is 2. The summed E-state index contributed by atoms with van der Waals surface area (Å²) in [6, 6.07) is 18.7. The standard InChI is InChI=1S/C23H24N2O3/c1-3-13-24-22(26)15-28-21-12-11-20(18-9-4-5-10-19(18)21)23(27)25-17-8-6-7-16(2)14-17/h4-12,14H,3,13,15H2,1-2H3,(H,24,26)(H,25,27). The molecule has 0 saturated heterocycles. The minimum atomic E-state index is -0.186. The van der Waals surface area contributed by atoms with Gasteiger partial charge in [-0.25, -0.2) is 0 Å². The van der Waals surface area contributed by atoms with Crippen molar-refractivity contribution >= 4 is 28.3 Å². The Morgan fingerprint density at radius 1 is 0.964 bits per heavy atom. The molecule has 144 valence electrons. The third-order valence-corrected chi connectivity index (χ3v) is 4.34. The van der Waals surface area contributed by atoms with Crippen LogP contribution in [0.2, 0.25) is 0 Å². The Kier molecular flexibility index (Phi) is 6.27. The van der Waals surface area contributed by atoms with Gasteiger partial charge in [0, 0.05) is 23.2 Å². The van der Waals surface area contributed by atoms with Crippen LogP contribution in [0.4, 0.5) is 5.69 Å². The van der Waals surface area contributed by atoms with Crippen LogP contribution in [0.25, 0.3) is 10.8 Å². The highest BCUT2D eigenvalue weighted by Crippen LogP contribution is 2.29. The third-order valence-electron chi connectivity index (χ3n) is 4.34. The first kappa shape index (κ1) is 19.4. The molecule has 0 aliphatic carbocycles. The molecule has 0 fully saturated rings. The Labute approximate surface area is 164 Å². The van der Waals surface area contributed by atoms with Crippen molar-refractivity contribution in [2.45, 2.75) is 20.3 Å². The summed E-state index contributed by atoms with van der Waals surface area (Å²) >= 11 is 0. The Morgan fingerprint density at radius 3 is 2.50 bits per heavy atom. The van der Waals surface area contributed by atoms with Crippen molar-refractivity contribution < 1.29 is 14.3 Å². The lowest BCUT2D eigenvalue weighted by molar-refractivity contribution is -0.123. The lowest BCUT2D eigenvalue weighted by Crippen LogP contribution is -2.29. The molecule has 0 bridgehead atoms. The van der Waals surface area contributed by atoms with Gasteiger partial charge < -0.3 is 15.4 Å². The zero-order chi connectivity index (χ0) is 19.9. The van der Waals surface area contributed by atoms with Crippen LogP contribution < -0.4 is 15.4 Å². The molecule has 3 aromatic rings. The van der Waals surface area contributed by atoms with Crippen LogP contribution in [0.15, 0.2) is 60.7 Å². The Bertz CT molecular complexity index is 998. The molecule has 0 aliphatic heterocycles. The monoisotopic (exact) mass is 376 g/mol. The number of carbonyl (C=O) groups excluding carboxylic acids is 2. The van der Waals surface area contributed by atoms with E-state index in [1.165, 1.54) is 0 Å². The lowest BCUT2D eigenvalue weighted by atomic mass is 10.0. The van der Waals surface area contributed by atoms with Crippen LogP contribution in [0.3, 0.4) is 0 Å². The molecular weight excluding hydrogens is 352 g/mol. The maximum absolute atomic E-state index is 12.8. The molecule has 28 heavy (non-hydrogen) atoms. The van der Waals surface area contributed by atoms with Gasteiger partial charge in [-0.3, -0.25) is 9.59 Å². The van der Waals surface area contributed by atoms with E-state index in [2.05, 4.69) is 10.6 Å². The normalized spacial score (nSPS) is 10.5. The van der Waals surface area contributed by atoms with Gasteiger partial charge in [-0.1, -0.05) is 43.3 Å². The van der Waals surface area contributed by atoms with E-state index in [0.717, 1.165) is 28.4 Å². The van der Waals surface area contributed by atoms with Gasteiger partial charge in [0.05, 0.1) is 0 Å². The number of nitrogens with one attached hydrogen (secondary N) is 2. The van der Waals surface area contributed by atoms with Gasteiger partial charge in [-0.2, -0.15) is 0 Å². The van der Waals surface area contributed by atoms with Crippen molar-refractivity contribution in [2.75, 3.05) is 18.5 Å². The molecule has 0 unspecified atom stereocenters. The predicted octanol–water partition coefficient (Wildman–Crippen LogP) is 4.31. The number of fused-ring (bicyclic) bond motifs is 1. The van der Waals surface area contributed by atoms with Gasteiger partial charge in [-0.05, 0) is 48.6 Å². The number of ether oxygens (including phenoxy) is 1. The number of hydrogen-bond donors (Lipinski definition) is 2. The molecule has 0 spiro atoms. The van der Waals surface area contributed by atoms with Crippen molar-refractivity contribution in [3.05, 3.63) is 71.8 Å². The summed E-state index contributed by atoms with van der Waals surface area (Å²) in [6.07, 6.45) is 0.874. The molecule has 0 saturated carbocycles. The molecule has 5 nitrogen and oxygen atoms in total. The van der Waals surface area contributed by atoms with Gasteiger partial charge >= 0.3 is 0 Å². The van der Waals surface area contributed by atoms with Crippen LogP contribution in [0.5, 0.6) is 5.75 Å². The number of anilines is 1. The predicted molar refractivity (Wildman–Crippen MR) is 112 cm³/mol. The molecule has 2 N–H and O–H groups in total. The Balaban J connectivity index is 1.83. The van der Waals surface area contributed by atoms with Gasteiger partial charge in [0.1, 0.15) is 5.75 Å². The fourth-order valence-electron chi connectivity index (χ4n) is 2.98. The van der Waals surface area contributed by atoms with Gasteiger partial charge in [0.25, 0.3) is 11.8 Å². The molecule has 0 heterocycles.